The smallest absolute Gasteiger partial charge is 0.313 e. The third-order valence-corrected chi connectivity index (χ3v) is 2.89. The third kappa shape index (κ3) is 3.16. The summed E-state index contributed by atoms with van der Waals surface area (Å²) >= 11 is 0. The van der Waals surface area contributed by atoms with E-state index in [4.69, 9.17) is 4.52 Å². The molecule has 3 aromatic rings. The Morgan fingerprint density at radius 2 is 1.75 bits per heavy atom. The standard InChI is InChI=1S/C14H8F3N5O2/c15-9-5-8(6-10(16)11(9)17)13(23)20-21-14-19-12(22-24-14)7-1-3-18-4-2-7/h1-6H,(H,20,23)(H,19,21,22). The predicted octanol–water partition coefficient (Wildman–Crippen LogP) is 2.31. The first-order chi connectivity index (χ1) is 11.5. The number of hydrogen-bond acceptors (Lipinski definition) is 6. The summed E-state index contributed by atoms with van der Waals surface area (Å²) in [4.78, 5) is 19.6. The Labute approximate surface area is 132 Å². The summed E-state index contributed by atoms with van der Waals surface area (Å²) < 4.78 is 43.9. The van der Waals surface area contributed by atoms with Gasteiger partial charge in [-0.25, -0.2) is 18.6 Å². The number of nitrogens with one attached hydrogen (secondary N) is 2. The van der Waals surface area contributed by atoms with Crippen LogP contribution >= 0.6 is 0 Å². The van der Waals surface area contributed by atoms with Crippen molar-refractivity contribution in [3.05, 3.63) is 59.7 Å². The Balaban J connectivity index is 1.68. The normalized spacial score (nSPS) is 10.5. The molecule has 0 aliphatic heterocycles. The monoisotopic (exact) mass is 335 g/mol. The quantitative estimate of drug-likeness (QED) is 0.561. The molecule has 2 N–H and O–H groups in total. The molecule has 0 aliphatic rings. The number of nitrogens with zero attached hydrogens (tertiary/aromatic N) is 3. The fourth-order valence-electron chi connectivity index (χ4n) is 1.76. The number of carbonyl (C=O) groups excluding carboxylic acids is 1. The minimum absolute atomic E-state index is 0.154. The molecule has 2 heterocycles. The highest BCUT2D eigenvalue weighted by atomic mass is 19.2. The number of rotatable bonds is 4. The lowest BCUT2D eigenvalue weighted by Crippen LogP contribution is -2.29. The number of aromatic nitrogens is 3. The molecule has 0 saturated carbocycles. The molecule has 0 radical (unpaired) electrons. The largest absolute Gasteiger partial charge is 0.340 e. The van der Waals surface area contributed by atoms with Crippen LogP contribution in [-0.4, -0.2) is 21.0 Å². The van der Waals surface area contributed by atoms with Crippen LogP contribution in [0.2, 0.25) is 0 Å². The Kier molecular flexibility index (Phi) is 4.10. The molecule has 0 unspecified atom stereocenters. The van der Waals surface area contributed by atoms with Crippen molar-refractivity contribution in [1.82, 2.24) is 20.6 Å². The first kappa shape index (κ1) is 15.5. The zero-order chi connectivity index (χ0) is 17.1. The van der Waals surface area contributed by atoms with Gasteiger partial charge in [0.1, 0.15) is 0 Å². The molecule has 7 nitrogen and oxygen atoms in total. The summed E-state index contributed by atoms with van der Waals surface area (Å²) in [6, 6.07) is 4.27. The van der Waals surface area contributed by atoms with Crippen LogP contribution in [0.1, 0.15) is 10.4 Å². The molecule has 1 aromatic carbocycles. The number of amides is 1. The summed E-state index contributed by atoms with van der Waals surface area (Å²) in [5.74, 6) is -5.28. The molecule has 10 heteroatoms. The average molecular weight is 335 g/mol. The van der Waals surface area contributed by atoms with Crippen LogP contribution in [0.25, 0.3) is 11.4 Å². The van der Waals surface area contributed by atoms with E-state index in [1.807, 2.05) is 0 Å². The SMILES string of the molecule is O=C(NNc1nc(-c2ccncc2)no1)c1cc(F)c(F)c(F)c1. The molecular weight excluding hydrogens is 327 g/mol. The zero-order valence-electron chi connectivity index (χ0n) is 11.8. The van der Waals surface area contributed by atoms with Gasteiger partial charge in [-0.3, -0.25) is 15.2 Å². The average Bonchev–Trinajstić information content (AvgIpc) is 3.07. The summed E-state index contributed by atoms with van der Waals surface area (Å²) in [6.07, 6.45) is 3.08. The maximum absolute atomic E-state index is 13.1. The molecule has 122 valence electrons. The second-order valence-electron chi connectivity index (χ2n) is 4.49. The summed E-state index contributed by atoms with van der Waals surface area (Å²) in [7, 11) is 0. The van der Waals surface area contributed by atoms with Crippen LogP contribution in [0.3, 0.4) is 0 Å². The first-order valence-corrected chi connectivity index (χ1v) is 6.49. The minimum Gasteiger partial charge on any atom is -0.313 e. The summed E-state index contributed by atoms with van der Waals surface area (Å²) in [5, 5.41) is 3.68. The minimum atomic E-state index is -1.65. The van der Waals surface area contributed by atoms with Gasteiger partial charge in [0.05, 0.1) is 0 Å². The van der Waals surface area contributed by atoms with E-state index in [0.29, 0.717) is 17.7 Å². The van der Waals surface area contributed by atoms with Gasteiger partial charge in [-0.2, -0.15) is 4.98 Å². The van der Waals surface area contributed by atoms with E-state index in [2.05, 4.69) is 26.0 Å². The maximum Gasteiger partial charge on any atom is 0.340 e. The van der Waals surface area contributed by atoms with Crippen molar-refractivity contribution in [2.24, 2.45) is 0 Å². The van der Waals surface area contributed by atoms with E-state index >= 15 is 0 Å². The lowest BCUT2D eigenvalue weighted by atomic mass is 10.2. The number of benzene rings is 1. The molecule has 3 rings (SSSR count). The van der Waals surface area contributed by atoms with Gasteiger partial charge >= 0.3 is 6.01 Å². The molecule has 24 heavy (non-hydrogen) atoms. The van der Waals surface area contributed by atoms with E-state index in [9.17, 15) is 18.0 Å². The highest BCUT2D eigenvalue weighted by Crippen LogP contribution is 2.16. The Morgan fingerprint density at radius 1 is 1.08 bits per heavy atom. The van der Waals surface area contributed by atoms with Gasteiger partial charge < -0.3 is 4.52 Å². The van der Waals surface area contributed by atoms with Gasteiger partial charge in [-0.05, 0) is 24.3 Å². The number of hydrazine groups is 1. The first-order valence-electron chi connectivity index (χ1n) is 6.49. The molecule has 0 atom stereocenters. The summed E-state index contributed by atoms with van der Waals surface area (Å²) in [6.45, 7) is 0. The third-order valence-electron chi connectivity index (χ3n) is 2.89. The molecule has 0 bridgehead atoms. The van der Waals surface area contributed by atoms with Gasteiger partial charge in [0, 0.05) is 23.5 Å². The molecule has 1 amide bonds. The van der Waals surface area contributed by atoms with Crippen LogP contribution in [0.15, 0.2) is 41.2 Å². The molecule has 0 saturated heterocycles. The van der Waals surface area contributed by atoms with E-state index in [-0.39, 0.29) is 11.8 Å². The molecule has 2 aromatic heterocycles. The van der Waals surface area contributed by atoms with E-state index in [0.717, 1.165) is 0 Å². The molecule has 0 aliphatic carbocycles. The Morgan fingerprint density at radius 3 is 2.42 bits per heavy atom. The van der Waals surface area contributed by atoms with Crippen molar-refractivity contribution < 1.29 is 22.5 Å². The highest BCUT2D eigenvalue weighted by Gasteiger charge is 2.16. The lowest BCUT2D eigenvalue weighted by Gasteiger charge is -2.05. The van der Waals surface area contributed by atoms with Gasteiger partial charge in [0.2, 0.25) is 5.82 Å². The van der Waals surface area contributed by atoms with Crippen molar-refractivity contribution >= 4 is 11.9 Å². The summed E-state index contributed by atoms with van der Waals surface area (Å²) in [5.41, 5.74) is 4.60. The van der Waals surface area contributed by atoms with Crippen LogP contribution in [0, 0.1) is 17.5 Å². The number of halogens is 3. The van der Waals surface area contributed by atoms with Crippen molar-refractivity contribution in [2.75, 3.05) is 5.43 Å². The van der Waals surface area contributed by atoms with Crippen molar-refractivity contribution in [3.63, 3.8) is 0 Å². The van der Waals surface area contributed by atoms with E-state index in [1.54, 1.807) is 12.1 Å². The topological polar surface area (TPSA) is 92.9 Å². The van der Waals surface area contributed by atoms with Crippen LogP contribution in [0.4, 0.5) is 19.2 Å². The van der Waals surface area contributed by atoms with Gasteiger partial charge in [0.15, 0.2) is 17.5 Å². The number of anilines is 1. The zero-order valence-corrected chi connectivity index (χ0v) is 11.8. The van der Waals surface area contributed by atoms with Crippen LogP contribution in [0.5, 0.6) is 0 Å². The number of pyridine rings is 1. The van der Waals surface area contributed by atoms with Crippen LogP contribution in [-0.2, 0) is 0 Å². The number of hydrogen-bond donors (Lipinski definition) is 2. The second-order valence-corrected chi connectivity index (χ2v) is 4.49. The van der Waals surface area contributed by atoms with Crippen LogP contribution < -0.4 is 10.9 Å². The predicted molar refractivity (Wildman–Crippen MR) is 74.9 cm³/mol. The van der Waals surface area contributed by atoms with Gasteiger partial charge in [-0.15, -0.1) is 0 Å². The van der Waals surface area contributed by atoms with E-state index in [1.165, 1.54) is 12.4 Å². The Bertz CT molecular complexity index is 862. The second kappa shape index (κ2) is 6.36. The van der Waals surface area contributed by atoms with Gasteiger partial charge in [-0.1, -0.05) is 5.16 Å². The molecular formula is C14H8F3N5O2. The van der Waals surface area contributed by atoms with Crippen molar-refractivity contribution in [2.45, 2.75) is 0 Å². The fraction of sp³-hybridized carbons (Fsp3) is 0. The Hall–Kier alpha value is -3.43. The van der Waals surface area contributed by atoms with E-state index < -0.39 is 28.9 Å². The lowest BCUT2D eigenvalue weighted by molar-refractivity contribution is 0.0960. The highest BCUT2D eigenvalue weighted by molar-refractivity contribution is 5.94. The molecule has 0 spiro atoms. The fourth-order valence-corrected chi connectivity index (χ4v) is 1.76. The maximum atomic E-state index is 13.1. The van der Waals surface area contributed by atoms with Crippen molar-refractivity contribution in [1.29, 1.82) is 0 Å². The number of carbonyl (C=O) groups is 1. The molecule has 0 fully saturated rings. The van der Waals surface area contributed by atoms with Gasteiger partial charge in [0.25, 0.3) is 5.91 Å². The van der Waals surface area contributed by atoms with Crippen molar-refractivity contribution in [3.8, 4) is 11.4 Å².